The number of nitrogens with one attached hydrogen (secondary N) is 3. The van der Waals surface area contributed by atoms with Crippen molar-refractivity contribution in [3.05, 3.63) is 52.6 Å². The number of aryl methyl sites for hydroxylation is 1. The summed E-state index contributed by atoms with van der Waals surface area (Å²) in [7, 11) is 1.85. The number of halogens is 1. The maximum absolute atomic E-state index is 12.4. The Hall–Kier alpha value is -2.21. The summed E-state index contributed by atoms with van der Waals surface area (Å²) in [6.45, 7) is 3.88. The number of hydrogen-bond acceptors (Lipinski definition) is 4. The summed E-state index contributed by atoms with van der Waals surface area (Å²) in [5.41, 5.74) is 1.90. The molecule has 3 rings (SSSR count). The Labute approximate surface area is 133 Å². The van der Waals surface area contributed by atoms with Crippen LogP contribution in [0.3, 0.4) is 0 Å². The molecular weight excluding hydrogens is 302 g/mol. The standard InChI is InChI=1S/C15H18ClN5O/c1-9(10-6-18-21(3)8-10)19-14(22)13-5-11-4-12(16)7-17-15(11,2)20-13/h4-9,17,20H,1-3H3,(H,19,22). The molecule has 2 aliphatic rings. The van der Waals surface area contributed by atoms with E-state index in [1.165, 1.54) is 0 Å². The van der Waals surface area contributed by atoms with Gasteiger partial charge in [-0.25, -0.2) is 0 Å². The van der Waals surface area contributed by atoms with Crippen LogP contribution >= 0.6 is 11.6 Å². The highest BCUT2D eigenvalue weighted by Gasteiger charge is 2.37. The van der Waals surface area contributed by atoms with E-state index in [0.29, 0.717) is 10.7 Å². The summed E-state index contributed by atoms with van der Waals surface area (Å²) < 4.78 is 1.71. The van der Waals surface area contributed by atoms with Crippen molar-refractivity contribution in [2.45, 2.75) is 25.6 Å². The van der Waals surface area contributed by atoms with E-state index in [4.69, 9.17) is 11.6 Å². The third-order valence-corrected chi connectivity index (χ3v) is 4.09. The van der Waals surface area contributed by atoms with Crippen molar-refractivity contribution in [1.82, 2.24) is 25.7 Å². The molecule has 1 aromatic heterocycles. The van der Waals surface area contributed by atoms with Gasteiger partial charge in [-0.1, -0.05) is 11.6 Å². The monoisotopic (exact) mass is 319 g/mol. The summed E-state index contributed by atoms with van der Waals surface area (Å²) in [5, 5.41) is 14.0. The molecule has 2 atom stereocenters. The Kier molecular flexibility index (Phi) is 3.48. The van der Waals surface area contributed by atoms with Crippen molar-refractivity contribution in [3.63, 3.8) is 0 Å². The smallest absolute Gasteiger partial charge is 0.267 e. The van der Waals surface area contributed by atoms with Crippen LogP contribution in [0.4, 0.5) is 0 Å². The first-order valence-corrected chi connectivity index (χ1v) is 7.40. The van der Waals surface area contributed by atoms with Crippen molar-refractivity contribution in [2.75, 3.05) is 0 Å². The summed E-state index contributed by atoms with van der Waals surface area (Å²) in [6.07, 6.45) is 9.00. The van der Waals surface area contributed by atoms with Crippen molar-refractivity contribution >= 4 is 17.5 Å². The highest BCUT2D eigenvalue weighted by molar-refractivity contribution is 6.31. The second-order valence-electron chi connectivity index (χ2n) is 5.72. The molecule has 2 unspecified atom stereocenters. The number of hydrogen-bond donors (Lipinski definition) is 3. The van der Waals surface area contributed by atoms with E-state index in [0.717, 1.165) is 11.1 Å². The van der Waals surface area contributed by atoms with Gasteiger partial charge in [0.2, 0.25) is 0 Å². The van der Waals surface area contributed by atoms with Gasteiger partial charge in [0.25, 0.3) is 5.91 Å². The molecule has 7 heteroatoms. The van der Waals surface area contributed by atoms with E-state index in [-0.39, 0.29) is 11.9 Å². The summed E-state index contributed by atoms with van der Waals surface area (Å²) in [6, 6.07) is -0.122. The summed E-state index contributed by atoms with van der Waals surface area (Å²) >= 11 is 5.99. The number of carbonyl (C=O) groups is 1. The van der Waals surface area contributed by atoms with Crippen LogP contribution in [0.1, 0.15) is 25.5 Å². The Bertz CT molecular complexity index is 717. The van der Waals surface area contributed by atoms with Gasteiger partial charge in [-0.2, -0.15) is 5.10 Å². The number of aromatic nitrogens is 2. The van der Waals surface area contributed by atoms with Gasteiger partial charge in [-0.15, -0.1) is 0 Å². The van der Waals surface area contributed by atoms with E-state index >= 15 is 0 Å². The first-order valence-electron chi connectivity index (χ1n) is 7.02. The van der Waals surface area contributed by atoms with Gasteiger partial charge in [-0.05, 0) is 26.0 Å². The van der Waals surface area contributed by atoms with Crippen LogP contribution in [0.15, 0.2) is 47.0 Å². The van der Waals surface area contributed by atoms with Gasteiger partial charge < -0.3 is 16.0 Å². The number of allylic oxidation sites excluding steroid dienone is 2. The Morgan fingerprint density at radius 3 is 2.95 bits per heavy atom. The van der Waals surface area contributed by atoms with Crippen molar-refractivity contribution < 1.29 is 4.79 Å². The average molecular weight is 320 g/mol. The topological polar surface area (TPSA) is 71.0 Å². The molecule has 0 fully saturated rings. The lowest BCUT2D eigenvalue weighted by Gasteiger charge is -2.31. The molecule has 2 aliphatic heterocycles. The highest BCUT2D eigenvalue weighted by atomic mass is 35.5. The lowest BCUT2D eigenvalue weighted by Crippen LogP contribution is -2.52. The van der Waals surface area contributed by atoms with Crippen LogP contribution in [0, 0.1) is 0 Å². The van der Waals surface area contributed by atoms with Gasteiger partial charge >= 0.3 is 0 Å². The van der Waals surface area contributed by atoms with Crippen molar-refractivity contribution in [2.24, 2.45) is 7.05 Å². The van der Waals surface area contributed by atoms with Crippen molar-refractivity contribution in [1.29, 1.82) is 0 Å². The number of dihydropyridines is 1. The van der Waals surface area contributed by atoms with Crippen LogP contribution in [0.25, 0.3) is 0 Å². The van der Waals surface area contributed by atoms with Gasteiger partial charge in [0.15, 0.2) is 0 Å². The molecule has 6 nitrogen and oxygen atoms in total. The fraction of sp³-hybridized carbons (Fsp3) is 0.333. The molecule has 0 radical (unpaired) electrons. The largest absolute Gasteiger partial charge is 0.364 e. The third-order valence-electron chi connectivity index (χ3n) is 3.87. The third kappa shape index (κ3) is 2.62. The zero-order valence-electron chi connectivity index (χ0n) is 12.6. The quantitative estimate of drug-likeness (QED) is 0.788. The van der Waals surface area contributed by atoms with Gasteiger partial charge in [0.1, 0.15) is 11.4 Å². The van der Waals surface area contributed by atoms with E-state index in [1.54, 1.807) is 17.1 Å². The van der Waals surface area contributed by atoms with Gasteiger partial charge in [-0.3, -0.25) is 9.48 Å². The first kappa shape index (κ1) is 14.7. The Balaban J connectivity index is 1.73. The van der Waals surface area contributed by atoms with E-state index in [2.05, 4.69) is 21.0 Å². The van der Waals surface area contributed by atoms with E-state index < -0.39 is 5.66 Å². The van der Waals surface area contributed by atoms with Crippen LogP contribution in [-0.2, 0) is 11.8 Å². The molecule has 0 spiro atoms. The zero-order chi connectivity index (χ0) is 15.9. The maximum Gasteiger partial charge on any atom is 0.267 e. The van der Waals surface area contributed by atoms with Crippen molar-refractivity contribution in [3.8, 4) is 0 Å². The minimum atomic E-state index is -0.497. The van der Waals surface area contributed by atoms with Crippen LogP contribution in [-0.4, -0.2) is 21.4 Å². The second kappa shape index (κ2) is 5.21. The number of rotatable bonds is 3. The van der Waals surface area contributed by atoms with E-state index in [1.807, 2.05) is 39.2 Å². The Morgan fingerprint density at radius 2 is 2.27 bits per heavy atom. The molecule has 0 bridgehead atoms. The van der Waals surface area contributed by atoms with Gasteiger partial charge in [0, 0.05) is 30.6 Å². The fourth-order valence-corrected chi connectivity index (χ4v) is 2.70. The lowest BCUT2D eigenvalue weighted by atomic mass is 10.0. The van der Waals surface area contributed by atoms with Crippen LogP contribution in [0.2, 0.25) is 0 Å². The normalized spacial score (nSPS) is 24.3. The van der Waals surface area contributed by atoms with E-state index in [9.17, 15) is 4.79 Å². The number of nitrogens with zero attached hydrogens (tertiary/aromatic N) is 2. The molecular formula is C15H18ClN5O. The highest BCUT2D eigenvalue weighted by Crippen LogP contribution is 2.30. The Morgan fingerprint density at radius 1 is 1.50 bits per heavy atom. The summed E-state index contributed by atoms with van der Waals surface area (Å²) in [4.78, 5) is 12.4. The maximum atomic E-state index is 12.4. The molecule has 0 aliphatic carbocycles. The molecule has 0 aromatic carbocycles. The summed E-state index contributed by atoms with van der Waals surface area (Å²) in [5.74, 6) is -0.161. The molecule has 1 aromatic rings. The molecule has 22 heavy (non-hydrogen) atoms. The molecule has 116 valence electrons. The minimum Gasteiger partial charge on any atom is -0.364 e. The second-order valence-corrected chi connectivity index (χ2v) is 6.16. The zero-order valence-corrected chi connectivity index (χ0v) is 13.4. The number of amides is 1. The molecule has 3 N–H and O–H groups in total. The average Bonchev–Trinajstić information content (AvgIpc) is 3.02. The van der Waals surface area contributed by atoms with Crippen LogP contribution in [0.5, 0.6) is 0 Å². The SMILES string of the molecule is CC(NC(=O)C1=CC2=CC(Cl)=CNC2(C)N1)c1cnn(C)c1. The van der Waals surface area contributed by atoms with Crippen LogP contribution < -0.4 is 16.0 Å². The number of fused-ring (bicyclic) bond motifs is 1. The molecule has 0 saturated carbocycles. The van der Waals surface area contributed by atoms with Gasteiger partial charge in [0.05, 0.1) is 17.3 Å². The predicted octanol–water partition coefficient (Wildman–Crippen LogP) is 1.41. The first-order chi connectivity index (χ1) is 10.4. The molecule has 3 heterocycles. The lowest BCUT2D eigenvalue weighted by molar-refractivity contribution is -0.118. The molecule has 1 amide bonds. The minimum absolute atomic E-state index is 0.122. The predicted molar refractivity (Wildman–Crippen MR) is 84.5 cm³/mol. The number of carbonyl (C=O) groups excluding carboxylic acids is 1. The molecule has 0 saturated heterocycles. The fourth-order valence-electron chi connectivity index (χ4n) is 2.53.